The summed E-state index contributed by atoms with van der Waals surface area (Å²) in [7, 11) is 0. The molecular weight excluding hydrogens is 281 g/mol. The van der Waals surface area contributed by atoms with E-state index in [2.05, 4.69) is 5.32 Å². The molecule has 0 saturated heterocycles. The van der Waals surface area contributed by atoms with Gasteiger partial charge in [0.25, 0.3) is 5.91 Å². The minimum atomic E-state index is -4.49. The van der Waals surface area contributed by atoms with E-state index in [0.29, 0.717) is 0 Å². The molecule has 1 atom stereocenters. The molecule has 1 aromatic carbocycles. The molecule has 0 radical (unpaired) electrons. The number of anilines is 1. The van der Waals surface area contributed by atoms with Crippen LogP contribution in [0.4, 0.5) is 18.9 Å². The van der Waals surface area contributed by atoms with Crippen LogP contribution in [0.15, 0.2) is 18.2 Å². The van der Waals surface area contributed by atoms with E-state index in [4.69, 9.17) is 5.73 Å². The molecule has 0 aromatic heterocycles. The largest absolute Gasteiger partial charge is 0.416 e. The zero-order valence-corrected chi connectivity index (χ0v) is 12.1. The molecule has 0 bridgehead atoms. The van der Waals surface area contributed by atoms with Gasteiger partial charge in [0.05, 0.1) is 11.1 Å². The van der Waals surface area contributed by atoms with Crippen molar-refractivity contribution in [3.05, 3.63) is 29.3 Å². The topological polar surface area (TPSA) is 55.1 Å². The minimum Gasteiger partial charge on any atom is -0.398 e. The fraction of sp³-hybridized carbons (Fsp3) is 0.533. The van der Waals surface area contributed by atoms with Crippen LogP contribution in [-0.2, 0) is 6.18 Å². The molecule has 6 heteroatoms. The van der Waals surface area contributed by atoms with Gasteiger partial charge >= 0.3 is 6.18 Å². The second kappa shape index (κ2) is 5.24. The summed E-state index contributed by atoms with van der Waals surface area (Å²) in [5, 5.41) is 2.82. The van der Waals surface area contributed by atoms with E-state index in [0.717, 1.165) is 37.5 Å². The van der Waals surface area contributed by atoms with E-state index in [1.165, 1.54) is 0 Å². The summed E-state index contributed by atoms with van der Waals surface area (Å²) in [6.07, 6.45) is -1.68. The zero-order chi connectivity index (χ0) is 15.8. The fourth-order valence-electron chi connectivity index (χ4n) is 2.76. The molecule has 0 heterocycles. The average Bonchev–Trinajstić information content (AvgIpc) is 2.67. The third-order valence-electron chi connectivity index (χ3n) is 4.19. The minimum absolute atomic E-state index is 0.0426. The first-order chi connectivity index (χ1) is 9.61. The van der Waals surface area contributed by atoms with Crippen molar-refractivity contribution in [3.8, 4) is 0 Å². The van der Waals surface area contributed by atoms with Crippen molar-refractivity contribution >= 4 is 11.6 Å². The highest BCUT2D eigenvalue weighted by Crippen LogP contribution is 2.37. The van der Waals surface area contributed by atoms with E-state index < -0.39 is 17.6 Å². The summed E-state index contributed by atoms with van der Waals surface area (Å²) >= 11 is 0. The highest BCUT2D eigenvalue weighted by atomic mass is 19.4. The maximum Gasteiger partial charge on any atom is 0.416 e. The number of rotatable bonds is 2. The van der Waals surface area contributed by atoms with E-state index in [1.54, 1.807) is 0 Å². The Bertz CT molecular complexity index is 552. The number of nitrogen functional groups attached to an aromatic ring is 1. The van der Waals surface area contributed by atoms with Gasteiger partial charge in [-0.1, -0.05) is 20.3 Å². The number of alkyl halides is 3. The molecule has 3 N–H and O–H groups in total. The second-order valence-corrected chi connectivity index (χ2v) is 6.21. The van der Waals surface area contributed by atoms with Crippen LogP contribution in [0.1, 0.15) is 49.0 Å². The highest BCUT2D eigenvalue weighted by Gasteiger charge is 2.36. The third-order valence-corrected chi connectivity index (χ3v) is 4.19. The van der Waals surface area contributed by atoms with Crippen LogP contribution >= 0.6 is 0 Å². The first-order valence-electron chi connectivity index (χ1n) is 6.89. The average molecular weight is 300 g/mol. The summed E-state index contributed by atoms with van der Waals surface area (Å²) in [6, 6.07) is 2.77. The number of nitrogens with two attached hydrogens (primary N) is 1. The van der Waals surface area contributed by atoms with Gasteiger partial charge in [0.1, 0.15) is 0 Å². The lowest BCUT2D eigenvalue weighted by molar-refractivity contribution is -0.137. The van der Waals surface area contributed by atoms with Crippen LogP contribution in [0, 0.1) is 5.41 Å². The fourth-order valence-corrected chi connectivity index (χ4v) is 2.76. The first-order valence-corrected chi connectivity index (χ1v) is 6.89. The SMILES string of the molecule is CC1(C)CCCC1NC(=O)c1cc(C(F)(F)F)ccc1N. The van der Waals surface area contributed by atoms with Crippen molar-refractivity contribution in [2.45, 2.75) is 45.3 Å². The van der Waals surface area contributed by atoms with Gasteiger partial charge in [-0.3, -0.25) is 4.79 Å². The maximum absolute atomic E-state index is 12.7. The quantitative estimate of drug-likeness (QED) is 0.820. The Kier molecular flexibility index (Phi) is 3.91. The lowest BCUT2D eigenvalue weighted by Gasteiger charge is -2.28. The van der Waals surface area contributed by atoms with Gasteiger partial charge in [0.15, 0.2) is 0 Å². The molecular formula is C15H19F3N2O. The standard InChI is InChI=1S/C15H19F3N2O/c1-14(2)7-3-4-12(14)20-13(21)10-8-9(15(16,17)18)5-6-11(10)19/h5-6,8,12H,3-4,7,19H2,1-2H3,(H,20,21). The smallest absolute Gasteiger partial charge is 0.398 e. The number of carbonyl (C=O) groups excluding carboxylic acids is 1. The Morgan fingerprint density at radius 2 is 2.05 bits per heavy atom. The van der Waals surface area contributed by atoms with Crippen molar-refractivity contribution in [1.82, 2.24) is 5.32 Å². The molecule has 1 aliphatic rings. The number of hydrogen-bond acceptors (Lipinski definition) is 2. The molecule has 1 fully saturated rings. The summed E-state index contributed by atoms with van der Waals surface area (Å²) in [6.45, 7) is 4.08. The zero-order valence-electron chi connectivity index (χ0n) is 12.1. The second-order valence-electron chi connectivity index (χ2n) is 6.21. The molecule has 2 rings (SSSR count). The van der Waals surface area contributed by atoms with Crippen molar-refractivity contribution in [3.63, 3.8) is 0 Å². The molecule has 1 aromatic rings. The lowest BCUT2D eigenvalue weighted by atomic mass is 9.87. The number of nitrogens with one attached hydrogen (secondary N) is 1. The van der Waals surface area contributed by atoms with Crippen LogP contribution in [0.5, 0.6) is 0 Å². The number of benzene rings is 1. The summed E-state index contributed by atoms with van der Waals surface area (Å²) in [4.78, 5) is 12.2. The summed E-state index contributed by atoms with van der Waals surface area (Å²) < 4.78 is 38.2. The molecule has 1 unspecified atom stereocenters. The van der Waals surface area contributed by atoms with Crippen molar-refractivity contribution < 1.29 is 18.0 Å². The summed E-state index contributed by atoms with van der Waals surface area (Å²) in [5.74, 6) is -0.543. The van der Waals surface area contributed by atoms with Gasteiger partial charge in [-0.2, -0.15) is 13.2 Å². The maximum atomic E-state index is 12.7. The van der Waals surface area contributed by atoms with Crippen molar-refractivity contribution in [1.29, 1.82) is 0 Å². The Hall–Kier alpha value is -1.72. The van der Waals surface area contributed by atoms with Gasteiger partial charge in [0.2, 0.25) is 0 Å². The van der Waals surface area contributed by atoms with Crippen LogP contribution in [-0.4, -0.2) is 11.9 Å². The van der Waals surface area contributed by atoms with Crippen molar-refractivity contribution in [2.24, 2.45) is 5.41 Å². The van der Waals surface area contributed by atoms with E-state index >= 15 is 0 Å². The molecule has 0 aliphatic heterocycles. The Morgan fingerprint density at radius 1 is 1.38 bits per heavy atom. The Labute approximate surface area is 121 Å². The molecule has 3 nitrogen and oxygen atoms in total. The number of carbonyl (C=O) groups is 1. The molecule has 1 aliphatic carbocycles. The van der Waals surface area contributed by atoms with Gasteiger partial charge in [-0.25, -0.2) is 0 Å². The van der Waals surface area contributed by atoms with Crippen molar-refractivity contribution in [2.75, 3.05) is 5.73 Å². The van der Waals surface area contributed by atoms with E-state index in [1.807, 2.05) is 13.8 Å². The van der Waals surface area contributed by atoms with Gasteiger partial charge in [-0.15, -0.1) is 0 Å². The van der Waals surface area contributed by atoms with Gasteiger partial charge in [0, 0.05) is 11.7 Å². The molecule has 1 saturated carbocycles. The predicted octanol–water partition coefficient (Wildman–Crippen LogP) is 3.60. The molecule has 116 valence electrons. The third kappa shape index (κ3) is 3.31. The number of hydrogen-bond donors (Lipinski definition) is 2. The van der Waals surface area contributed by atoms with E-state index in [9.17, 15) is 18.0 Å². The highest BCUT2D eigenvalue weighted by molar-refractivity contribution is 5.99. The summed E-state index contributed by atoms with van der Waals surface area (Å²) in [5.41, 5.74) is 4.66. The van der Waals surface area contributed by atoms with Gasteiger partial charge < -0.3 is 11.1 Å². The molecule has 1 amide bonds. The van der Waals surface area contributed by atoms with Crippen LogP contribution in [0.25, 0.3) is 0 Å². The number of amides is 1. The van der Waals surface area contributed by atoms with Crippen LogP contribution in [0.2, 0.25) is 0 Å². The normalized spacial score (nSPS) is 21.3. The number of halogens is 3. The Morgan fingerprint density at radius 3 is 2.57 bits per heavy atom. The molecule has 0 spiro atoms. The van der Waals surface area contributed by atoms with Crippen LogP contribution in [0.3, 0.4) is 0 Å². The van der Waals surface area contributed by atoms with Gasteiger partial charge in [-0.05, 0) is 36.5 Å². The van der Waals surface area contributed by atoms with Crippen LogP contribution < -0.4 is 11.1 Å². The Balaban J connectivity index is 2.23. The molecule has 21 heavy (non-hydrogen) atoms. The predicted molar refractivity (Wildman–Crippen MR) is 74.7 cm³/mol. The first kappa shape index (κ1) is 15.7. The van der Waals surface area contributed by atoms with E-state index in [-0.39, 0.29) is 22.7 Å². The monoisotopic (exact) mass is 300 g/mol. The lowest BCUT2D eigenvalue weighted by Crippen LogP contribution is -2.41.